The summed E-state index contributed by atoms with van der Waals surface area (Å²) < 4.78 is 0. The predicted octanol–water partition coefficient (Wildman–Crippen LogP) is 2.62. The number of hydrogen-bond acceptors (Lipinski definition) is 2. The van der Waals surface area contributed by atoms with Crippen molar-refractivity contribution in [1.82, 2.24) is 4.90 Å². The Morgan fingerprint density at radius 1 is 1.43 bits per heavy atom. The minimum Gasteiger partial charge on any atom is -0.302 e. The van der Waals surface area contributed by atoms with E-state index in [2.05, 4.69) is 0 Å². The first-order valence-electron chi connectivity index (χ1n) is 4.19. The quantitative estimate of drug-likeness (QED) is 0.743. The minimum absolute atomic E-state index is 0.402. The molecule has 0 bridgehead atoms. The summed E-state index contributed by atoms with van der Waals surface area (Å²) in [6, 6.07) is 5.36. The van der Waals surface area contributed by atoms with Crippen LogP contribution in [-0.4, -0.2) is 24.8 Å². The Labute approximate surface area is 93.4 Å². The number of nitrogens with zero attached hydrogens (tertiary/aromatic N) is 1. The van der Waals surface area contributed by atoms with Crippen molar-refractivity contribution in [2.24, 2.45) is 0 Å². The molecular weight excluding hydrogens is 221 g/mol. The van der Waals surface area contributed by atoms with E-state index < -0.39 is 0 Å². The van der Waals surface area contributed by atoms with E-state index in [1.54, 1.807) is 12.1 Å². The van der Waals surface area contributed by atoms with Crippen LogP contribution in [0.2, 0.25) is 10.0 Å². The van der Waals surface area contributed by atoms with Crippen molar-refractivity contribution in [1.29, 1.82) is 0 Å². The van der Waals surface area contributed by atoms with E-state index in [1.165, 1.54) is 0 Å². The molecule has 0 fully saturated rings. The number of likely N-dealkylation sites (N-methyl/N-ethyl adjacent to an activating group) is 1. The molecule has 4 heteroatoms. The van der Waals surface area contributed by atoms with Crippen molar-refractivity contribution in [3.63, 3.8) is 0 Å². The third-order valence-corrected chi connectivity index (χ3v) is 2.43. The van der Waals surface area contributed by atoms with Gasteiger partial charge in [0.25, 0.3) is 0 Å². The Hall–Kier alpha value is -0.570. The van der Waals surface area contributed by atoms with E-state index in [0.717, 1.165) is 11.8 Å². The summed E-state index contributed by atoms with van der Waals surface area (Å²) in [7, 11) is 1.86. The molecule has 0 atom stereocenters. The van der Waals surface area contributed by atoms with E-state index in [9.17, 15) is 4.79 Å². The monoisotopic (exact) mass is 231 g/mol. The van der Waals surface area contributed by atoms with E-state index in [1.807, 2.05) is 18.0 Å². The number of rotatable bonds is 4. The molecule has 76 valence electrons. The summed E-state index contributed by atoms with van der Waals surface area (Å²) in [4.78, 5) is 12.1. The third-order valence-electron chi connectivity index (χ3n) is 1.84. The fourth-order valence-corrected chi connectivity index (χ4v) is 1.60. The summed E-state index contributed by atoms with van der Waals surface area (Å²) in [5, 5.41) is 1.26. The summed E-state index contributed by atoms with van der Waals surface area (Å²) in [5.41, 5.74) is 0.973. The zero-order chi connectivity index (χ0) is 10.6. The van der Waals surface area contributed by atoms with Crippen molar-refractivity contribution in [2.45, 2.75) is 6.54 Å². The first-order valence-corrected chi connectivity index (χ1v) is 4.95. The van der Waals surface area contributed by atoms with E-state index in [4.69, 9.17) is 23.2 Å². The number of benzene rings is 1. The highest BCUT2D eigenvalue weighted by atomic mass is 35.5. The second-order valence-electron chi connectivity index (χ2n) is 3.10. The van der Waals surface area contributed by atoms with Crippen molar-refractivity contribution >= 4 is 29.5 Å². The zero-order valence-electron chi connectivity index (χ0n) is 7.84. The van der Waals surface area contributed by atoms with Gasteiger partial charge in [0.2, 0.25) is 0 Å². The smallest absolute Gasteiger partial charge is 0.133 e. The van der Waals surface area contributed by atoms with E-state index >= 15 is 0 Å². The average Bonchev–Trinajstić information content (AvgIpc) is 2.10. The molecule has 1 rings (SSSR count). The SMILES string of the molecule is CN(CC=O)Cc1ccc(Cl)cc1Cl. The van der Waals surface area contributed by atoms with Crippen LogP contribution in [0.4, 0.5) is 0 Å². The van der Waals surface area contributed by atoms with Gasteiger partial charge >= 0.3 is 0 Å². The second kappa shape index (κ2) is 5.35. The molecule has 0 saturated carbocycles. The van der Waals surface area contributed by atoms with Gasteiger partial charge in [0.15, 0.2) is 0 Å². The van der Waals surface area contributed by atoms with Gasteiger partial charge < -0.3 is 4.79 Å². The molecule has 1 aromatic carbocycles. The second-order valence-corrected chi connectivity index (χ2v) is 3.94. The normalized spacial score (nSPS) is 10.6. The Morgan fingerprint density at radius 3 is 2.71 bits per heavy atom. The predicted molar refractivity (Wildman–Crippen MR) is 58.9 cm³/mol. The fraction of sp³-hybridized carbons (Fsp3) is 0.300. The summed E-state index contributed by atoms with van der Waals surface area (Å²) in [6.07, 6.45) is 0.865. The highest BCUT2D eigenvalue weighted by Gasteiger charge is 2.04. The maximum Gasteiger partial charge on any atom is 0.133 e. The van der Waals surface area contributed by atoms with Gasteiger partial charge in [-0.2, -0.15) is 0 Å². The maximum absolute atomic E-state index is 10.2. The molecule has 0 saturated heterocycles. The number of halogens is 2. The van der Waals surface area contributed by atoms with Crippen molar-refractivity contribution in [2.75, 3.05) is 13.6 Å². The molecule has 2 nitrogen and oxygen atoms in total. The van der Waals surface area contributed by atoms with Gasteiger partial charge in [-0.3, -0.25) is 4.90 Å². The summed E-state index contributed by atoms with van der Waals surface area (Å²) in [5.74, 6) is 0. The van der Waals surface area contributed by atoms with E-state index in [0.29, 0.717) is 23.1 Å². The lowest BCUT2D eigenvalue weighted by Crippen LogP contribution is -2.19. The van der Waals surface area contributed by atoms with Gasteiger partial charge in [-0.05, 0) is 24.7 Å². The Balaban J connectivity index is 2.71. The molecule has 0 radical (unpaired) electrons. The van der Waals surface area contributed by atoms with Gasteiger partial charge in [0.1, 0.15) is 6.29 Å². The standard InChI is InChI=1S/C10H11Cl2NO/c1-13(4-5-14)7-8-2-3-9(11)6-10(8)12/h2-3,5-6H,4,7H2,1H3. The summed E-state index contributed by atoms with van der Waals surface area (Å²) in [6.45, 7) is 1.05. The minimum atomic E-state index is 0.402. The van der Waals surface area contributed by atoms with Crippen LogP contribution in [0.5, 0.6) is 0 Å². The van der Waals surface area contributed by atoms with Gasteiger partial charge in [-0.15, -0.1) is 0 Å². The topological polar surface area (TPSA) is 20.3 Å². The maximum atomic E-state index is 10.2. The molecule has 0 amide bonds. The number of hydrogen-bond donors (Lipinski definition) is 0. The summed E-state index contributed by atoms with van der Waals surface area (Å²) >= 11 is 11.7. The Morgan fingerprint density at radius 2 is 2.14 bits per heavy atom. The zero-order valence-corrected chi connectivity index (χ0v) is 9.35. The molecule has 0 aliphatic carbocycles. The highest BCUT2D eigenvalue weighted by Crippen LogP contribution is 2.21. The lowest BCUT2D eigenvalue weighted by molar-refractivity contribution is -0.108. The molecule has 0 spiro atoms. The van der Waals surface area contributed by atoms with E-state index in [-0.39, 0.29) is 0 Å². The van der Waals surface area contributed by atoms with Crippen LogP contribution in [0.1, 0.15) is 5.56 Å². The number of carbonyl (C=O) groups excluding carboxylic acids is 1. The lowest BCUT2D eigenvalue weighted by Gasteiger charge is -2.14. The molecule has 0 N–H and O–H groups in total. The first kappa shape index (κ1) is 11.5. The Bertz CT molecular complexity index is 328. The van der Waals surface area contributed by atoms with Crippen LogP contribution in [0, 0.1) is 0 Å². The van der Waals surface area contributed by atoms with Crippen LogP contribution in [0.25, 0.3) is 0 Å². The fourth-order valence-electron chi connectivity index (χ4n) is 1.13. The van der Waals surface area contributed by atoms with Gasteiger partial charge in [0.05, 0.1) is 6.54 Å². The molecule has 0 aliphatic heterocycles. The largest absolute Gasteiger partial charge is 0.302 e. The van der Waals surface area contributed by atoms with Crippen LogP contribution in [-0.2, 0) is 11.3 Å². The van der Waals surface area contributed by atoms with Crippen molar-refractivity contribution < 1.29 is 4.79 Å². The van der Waals surface area contributed by atoms with Crippen LogP contribution in [0.3, 0.4) is 0 Å². The highest BCUT2D eigenvalue weighted by molar-refractivity contribution is 6.35. The molecule has 14 heavy (non-hydrogen) atoms. The lowest BCUT2D eigenvalue weighted by atomic mass is 10.2. The van der Waals surface area contributed by atoms with Crippen molar-refractivity contribution in [3.05, 3.63) is 33.8 Å². The number of aldehydes is 1. The van der Waals surface area contributed by atoms with Crippen LogP contribution >= 0.6 is 23.2 Å². The average molecular weight is 232 g/mol. The Kier molecular flexibility index (Phi) is 4.39. The van der Waals surface area contributed by atoms with Gasteiger partial charge in [-0.1, -0.05) is 29.3 Å². The van der Waals surface area contributed by atoms with Crippen LogP contribution < -0.4 is 0 Å². The molecule has 0 unspecified atom stereocenters. The molecule has 0 heterocycles. The van der Waals surface area contributed by atoms with Crippen molar-refractivity contribution in [3.8, 4) is 0 Å². The first-order chi connectivity index (χ1) is 6.63. The molecule has 1 aromatic rings. The number of carbonyl (C=O) groups is 1. The molecular formula is C10H11Cl2NO. The van der Waals surface area contributed by atoms with Crippen LogP contribution in [0.15, 0.2) is 18.2 Å². The van der Waals surface area contributed by atoms with Gasteiger partial charge in [0, 0.05) is 16.6 Å². The molecule has 0 aromatic heterocycles. The molecule has 0 aliphatic rings. The van der Waals surface area contributed by atoms with Gasteiger partial charge in [-0.25, -0.2) is 0 Å². The third kappa shape index (κ3) is 3.29.